The largest absolute Gasteiger partial charge is 0.392 e. The molecule has 0 spiro atoms. The van der Waals surface area contributed by atoms with E-state index in [1.54, 1.807) is 6.07 Å². The van der Waals surface area contributed by atoms with Crippen molar-refractivity contribution in [3.8, 4) is 0 Å². The Kier molecular flexibility index (Phi) is 3.77. The lowest BCUT2D eigenvalue weighted by molar-refractivity contribution is 0.411. The average molecular weight is 249 g/mol. The van der Waals surface area contributed by atoms with Gasteiger partial charge in [0, 0.05) is 6.07 Å². The Morgan fingerprint density at radius 3 is 2.93 bits per heavy atom. The third kappa shape index (κ3) is 3.26. The SMILES string of the molecule is CC(C(N)=S)S(=O)(=O)NCc1ccon1. The van der Waals surface area contributed by atoms with Gasteiger partial charge in [-0.25, -0.2) is 13.1 Å². The maximum absolute atomic E-state index is 11.5. The maximum Gasteiger partial charge on any atom is 0.221 e. The van der Waals surface area contributed by atoms with Crippen LogP contribution in [-0.2, 0) is 16.6 Å². The third-order valence-corrected chi connectivity index (χ3v) is 4.05. The molecule has 0 amide bonds. The number of aromatic nitrogens is 1. The number of nitrogens with two attached hydrogens (primary N) is 1. The molecule has 0 aliphatic rings. The van der Waals surface area contributed by atoms with Gasteiger partial charge < -0.3 is 10.3 Å². The molecule has 0 fully saturated rings. The van der Waals surface area contributed by atoms with Crippen LogP contribution in [0.2, 0.25) is 0 Å². The molecule has 0 saturated carbocycles. The van der Waals surface area contributed by atoms with Crippen molar-refractivity contribution in [2.75, 3.05) is 0 Å². The molecule has 1 aromatic rings. The molecule has 15 heavy (non-hydrogen) atoms. The van der Waals surface area contributed by atoms with Gasteiger partial charge in [0.2, 0.25) is 10.0 Å². The fourth-order valence-electron chi connectivity index (χ4n) is 0.781. The summed E-state index contributed by atoms with van der Waals surface area (Å²) in [5, 5.41) is 2.65. The molecule has 1 rings (SSSR count). The van der Waals surface area contributed by atoms with E-state index in [1.807, 2.05) is 0 Å². The second-order valence-corrected chi connectivity index (χ2v) is 5.46. The number of hydrogen-bond donors (Lipinski definition) is 2. The number of hydrogen-bond acceptors (Lipinski definition) is 5. The van der Waals surface area contributed by atoms with Crippen LogP contribution in [0.1, 0.15) is 12.6 Å². The Bertz CT molecular complexity index is 426. The van der Waals surface area contributed by atoms with Gasteiger partial charge in [0.1, 0.15) is 11.5 Å². The van der Waals surface area contributed by atoms with Crippen LogP contribution in [-0.4, -0.2) is 23.8 Å². The van der Waals surface area contributed by atoms with Gasteiger partial charge in [-0.15, -0.1) is 0 Å². The van der Waals surface area contributed by atoms with E-state index >= 15 is 0 Å². The molecular formula is C7H11N3O3S2. The van der Waals surface area contributed by atoms with Gasteiger partial charge in [0.15, 0.2) is 0 Å². The third-order valence-electron chi connectivity index (χ3n) is 1.81. The van der Waals surface area contributed by atoms with Crippen LogP contribution in [0.3, 0.4) is 0 Å². The van der Waals surface area contributed by atoms with E-state index in [2.05, 4.69) is 26.6 Å². The van der Waals surface area contributed by atoms with Crippen molar-refractivity contribution < 1.29 is 12.9 Å². The topological polar surface area (TPSA) is 98.2 Å². The van der Waals surface area contributed by atoms with Gasteiger partial charge in [0.05, 0.1) is 17.2 Å². The van der Waals surface area contributed by atoms with Crippen molar-refractivity contribution >= 4 is 27.2 Å². The molecule has 1 unspecified atom stereocenters. The zero-order valence-electron chi connectivity index (χ0n) is 8.00. The lowest BCUT2D eigenvalue weighted by Gasteiger charge is -2.11. The maximum atomic E-state index is 11.5. The lowest BCUT2D eigenvalue weighted by Crippen LogP contribution is -2.39. The van der Waals surface area contributed by atoms with Crippen molar-refractivity contribution in [3.63, 3.8) is 0 Å². The molecule has 0 bridgehead atoms. The predicted octanol–water partition coefficient (Wildman–Crippen LogP) is -0.231. The van der Waals surface area contributed by atoms with Gasteiger partial charge in [-0.1, -0.05) is 17.4 Å². The van der Waals surface area contributed by atoms with E-state index in [1.165, 1.54) is 13.2 Å². The summed E-state index contributed by atoms with van der Waals surface area (Å²) in [6.07, 6.45) is 1.36. The fourth-order valence-corrected chi connectivity index (χ4v) is 2.07. The standard InChI is InChI=1S/C7H11N3O3S2/c1-5(7(8)14)15(11,12)9-4-6-2-3-13-10-6/h2-3,5,9H,4H2,1H3,(H2,8,14). The summed E-state index contributed by atoms with van der Waals surface area (Å²) in [6.45, 7) is 1.49. The van der Waals surface area contributed by atoms with Gasteiger partial charge >= 0.3 is 0 Å². The first-order valence-corrected chi connectivity index (χ1v) is 6.06. The fraction of sp³-hybridized carbons (Fsp3) is 0.429. The summed E-state index contributed by atoms with van der Waals surface area (Å²) in [5.41, 5.74) is 5.74. The quantitative estimate of drug-likeness (QED) is 0.699. The highest BCUT2D eigenvalue weighted by Crippen LogP contribution is 2.01. The average Bonchev–Trinajstić information content (AvgIpc) is 2.66. The van der Waals surface area contributed by atoms with E-state index in [0.29, 0.717) is 5.69 Å². The zero-order valence-corrected chi connectivity index (χ0v) is 9.64. The van der Waals surface area contributed by atoms with Gasteiger partial charge in [-0.05, 0) is 6.92 Å². The number of rotatable bonds is 5. The number of nitrogens with zero attached hydrogens (tertiary/aromatic N) is 1. The van der Waals surface area contributed by atoms with E-state index in [4.69, 9.17) is 5.73 Å². The number of thiocarbonyl (C=S) groups is 1. The molecule has 0 saturated heterocycles. The Balaban J connectivity index is 2.62. The molecular weight excluding hydrogens is 238 g/mol. The van der Waals surface area contributed by atoms with Crippen molar-refractivity contribution in [1.82, 2.24) is 9.88 Å². The second kappa shape index (κ2) is 4.69. The molecule has 0 aliphatic heterocycles. The number of sulfonamides is 1. The Labute approximate surface area is 92.9 Å². The normalized spacial score (nSPS) is 13.7. The van der Waals surface area contributed by atoms with Crippen LogP contribution in [0.15, 0.2) is 16.9 Å². The molecule has 84 valence electrons. The van der Waals surface area contributed by atoms with Crippen LogP contribution < -0.4 is 10.5 Å². The molecule has 8 heteroatoms. The monoisotopic (exact) mass is 249 g/mol. The van der Waals surface area contributed by atoms with Crippen LogP contribution in [0.25, 0.3) is 0 Å². The zero-order chi connectivity index (χ0) is 11.5. The molecule has 0 aliphatic carbocycles. The first-order chi connectivity index (χ1) is 6.93. The minimum Gasteiger partial charge on any atom is -0.392 e. The molecule has 0 aromatic carbocycles. The first-order valence-electron chi connectivity index (χ1n) is 4.10. The minimum absolute atomic E-state index is 0.0613. The Hall–Kier alpha value is -0.990. The highest BCUT2D eigenvalue weighted by Gasteiger charge is 2.22. The Morgan fingerprint density at radius 1 is 1.80 bits per heavy atom. The van der Waals surface area contributed by atoms with E-state index in [-0.39, 0.29) is 11.5 Å². The van der Waals surface area contributed by atoms with Crippen molar-refractivity contribution in [3.05, 3.63) is 18.0 Å². The van der Waals surface area contributed by atoms with E-state index in [0.717, 1.165) is 0 Å². The summed E-state index contributed by atoms with van der Waals surface area (Å²) in [5.74, 6) is 0. The minimum atomic E-state index is -3.53. The van der Waals surface area contributed by atoms with Gasteiger partial charge in [-0.3, -0.25) is 0 Å². The summed E-state index contributed by atoms with van der Waals surface area (Å²) in [6, 6.07) is 1.56. The molecule has 3 N–H and O–H groups in total. The number of nitrogens with one attached hydrogen (secondary N) is 1. The summed E-state index contributed by atoms with van der Waals surface area (Å²) in [7, 11) is -3.53. The van der Waals surface area contributed by atoms with E-state index < -0.39 is 15.3 Å². The smallest absolute Gasteiger partial charge is 0.221 e. The second-order valence-electron chi connectivity index (χ2n) is 2.90. The van der Waals surface area contributed by atoms with Crippen LogP contribution in [0.4, 0.5) is 0 Å². The molecule has 0 radical (unpaired) electrons. The summed E-state index contributed by atoms with van der Waals surface area (Å²) in [4.78, 5) is -0.0670. The Morgan fingerprint density at radius 2 is 2.47 bits per heavy atom. The van der Waals surface area contributed by atoms with E-state index in [9.17, 15) is 8.42 Å². The van der Waals surface area contributed by atoms with Crippen LogP contribution in [0, 0.1) is 0 Å². The lowest BCUT2D eigenvalue weighted by atomic mass is 10.4. The van der Waals surface area contributed by atoms with Crippen molar-refractivity contribution in [2.45, 2.75) is 18.7 Å². The van der Waals surface area contributed by atoms with Gasteiger partial charge in [-0.2, -0.15) is 0 Å². The van der Waals surface area contributed by atoms with Crippen molar-refractivity contribution in [1.29, 1.82) is 0 Å². The molecule has 1 aromatic heterocycles. The molecule has 1 heterocycles. The summed E-state index contributed by atoms with van der Waals surface area (Å²) < 4.78 is 29.9. The van der Waals surface area contributed by atoms with Gasteiger partial charge in [0.25, 0.3) is 0 Å². The first kappa shape index (κ1) is 12.1. The van der Waals surface area contributed by atoms with Crippen LogP contribution in [0.5, 0.6) is 0 Å². The predicted molar refractivity (Wildman–Crippen MR) is 58.5 cm³/mol. The van der Waals surface area contributed by atoms with Crippen LogP contribution >= 0.6 is 12.2 Å². The highest BCUT2D eigenvalue weighted by atomic mass is 32.2. The highest BCUT2D eigenvalue weighted by molar-refractivity contribution is 7.93. The summed E-state index contributed by atoms with van der Waals surface area (Å²) >= 11 is 4.61. The molecule has 6 nitrogen and oxygen atoms in total. The molecule has 1 atom stereocenters. The van der Waals surface area contributed by atoms with Crippen molar-refractivity contribution in [2.24, 2.45) is 5.73 Å².